The van der Waals surface area contributed by atoms with E-state index in [2.05, 4.69) is 10.3 Å². The van der Waals surface area contributed by atoms with Crippen LogP contribution in [0.1, 0.15) is 45.4 Å². The van der Waals surface area contributed by atoms with Gasteiger partial charge in [-0.1, -0.05) is 26.2 Å². The molecule has 1 saturated carbocycles. The summed E-state index contributed by atoms with van der Waals surface area (Å²) in [6.07, 6.45) is 5.41. The number of rotatable bonds is 6. The van der Waals surface area contributed by atoms with Gasteiger partial charge in [0.2, 0.25) is 0 Å². The first-order chi connectivity index (χ1) is 13.9. The summed E-state index contributed by atoms with van der Waals surface area (Å²) in [6, 6.07) is 5.80. The number of aromatic amines is 1. The van der Waals surface area contributed by atoms with Crippen LogP contribution < -0.4 is 27.2 Å². The van der Waals surface area contributed by atoms with Crippen LogP contribution in [0.4, 0.5) is 21.6 Å². The number of unbranched alkanes of at least 4 members (excludes halogenated alkanes) is 1. The van der Waals surface area contributed by atoms with E-state index < -0.39 is 11.2 Å². The molecule has 1 heterocycles. The Morgan fingerprint density at radius 3 is 2.59 bits per heavy atom. The number of thiocarbonyl (C=S) groups is 1. The van der Waals surface area contributed by atoms with Gasteiger partial charge in [-0.05, 0) is 55.7 Å². The Morgan fingerprint density at radius 1 is 1.31 bits per heavy atom. The fourth-order valence-electron chi connectivity index (χ4n) is 3.68. The molecule has 7 nitrogen and oxygen atoms in total. The van der Waals surface area contributed by atoms with E-state index in [1.807, 2.05) is 6.92 Å². The zero-order valence-electron chi connectivity index (χ0n) is 16.4. The lowest BCUT2D eigenvalue weighted by Crippen LogP contribution is -2.47. The van der Waals surface area contributed by atoms with Gasteiger partial charge in [0.25, 0.3) is 5.56 Å². The van der Waals surface area contributed by atoms with Crippen molar-refractivity contribution in [3.05, 3.63) is 50.9 Å². The fourth-order valence-corrected chi connectivity index (χ4v) is 4.04. The van der Waals surface area contributed by atoms with Gasteiger partial charge >= 0.3 is 5.69 Å². The number of aromatic nitrogens is 2. The molecule has 156 valence electrons. The number of nitrogen functional groups attached to an aromatic ring is 1. The van der Waals surface area contributed by atoms with E-state index in [1.54, 1.807) is 17.0 Å². The molecule has 3 rings (SSSR count). The molecule has 0 bridgehead atoms. The predicted octanol–water partition coefficient (Wildman–Crippen LogP) is 3.20. The van der Waals surface area contributed by atoms with Crippen LogP contribution in [0.5, 0.6) is 0 Å². The smallest absolute Gasteiger partial charge is 0.330 e. The van der Waals surface area contributed by atoms with Gasteiger partial charge in [0.05, 0.1) is 0 Å². The average Bonchev–Trinajstić information content (AvgIpc) is 3.20. The number of nitrogens with two attached hydrogens (primary N) is 1. The van der Waals surface area contributed by atoms with Crippen molar-refractivity contribution in [2.75, 3.05) is 16.0 Å². The lowest BCUT2D eigenvalue weighted by molar-refractivity contribution is 0.601. The number of hydrogen-bond donors (Lipinski definition) is 3. The number of benzene rings is 1. The molecule has 0 aliphatic heterocycles. The highest BCUT2D eigenvalue weighted by atomic mass is 32.1. The van der Waals surface area contributed by atoms with Gasteiger partial charge in [-0.3, -0.25) is 14.3 Å². The minimum absolute atomic E-state index is 0.00373. The first-order valence-electron chi connectivity index (χ1n) is 9.90. The summed E-state index contributed by atoms with van der Waals surface area (Å²) in [7, 11) is 0. The van der Waals surface area contributed by atoms with Crippen LogP contribution in [0.25, 0.3) is 0 Å². The molecule has 1 aliphatic rings. The van der Waals surface area contributed by atoms with Gasteiger partial charge in [0.1, 0.15) is 11.6 Å². The Bertz CT molecular complexity index is 980. The van der Waals surface area contributed by atoms with Crippen LogP contribution in [0, 0.1) is 5.82 Å². The first-order valence-corrected chi connectivity index (χ1v) is 10.3. The van der Waals surface area contributed by atoms with Crippen LogP contribution in [0.2, 0.25) is 0 Å². The molecule has 1 aromatic heterocycles. The van der Waals surface area contributed by atoms with Crippen molar-refractivity contribution in [2.45, 2.75) is 58.0 Å². The number of halogens is 1. The van der Waals surface area contributed by atoms with Crippen molar-refractivity contribution < 1.29 is 4.39 Å². The lowest BCUT2D eigenvalue weighted by Gasteiger charge is -2.32. The summed E-state index contributed by atoms with van der Waals surface area (Å²) in [5.41, 5.74) is 6.02. The summed E-state index contributed by atoms with van der Waals surface area (Å²) < 4.78 is 14.6. The summed E-state index contributed by atoms with van der Waals surface area (Å²) in [4.78, 5) is 29.1. The highest BCUT2D eigenvalue weighted by Crippen LogP contribution is 2.30. The van der Waals surface area contributed by atoms with E-state index in [0.29, 0.717) is 17.3 Å². The van der Waals surface area contributed by atoms with Gasteiger partial charge in [0.15, 0.2) is 10.8 Å². The Balaban J connectivity index is 2.03. The van der Waals surface area contributed by atoms with Crippen molar-refractivity contribution in [1.82, 2.24) is 9.55 Å². The second-order valence-electron chi connectivity index (χ2n) is 7.24. The summed E-state index contributed by atoms with van der Waals surface area (Å²) >= 11 is 5.62. The predicted molar refractivity (Wildman–Crippen MR) is 118 cm³/mol. The van der Waals surface area contributed by atoms with Crippen molar-refractivity contribution >= 4 is 34.5 Å². The van der Waals surface area contributed by atoms with E-state index in [9.17, 15) is 14.0 Å². The first kappa shape index (κ1) is 21.0. The molecule has 0 spiro atoms. The van der Waals surface area contributed by atoms with Gasteiger partial charge < -0.3 is 16.0 Å². The maximum atomic E-state index is 13.2. The third-order valence-electron chi connectivity index (χ3n) is 5.19. The Kier molecular flexibility index (Phi) is 6.68. The van der Waals surface area contributed by atoms with E-state index >= 15 is 0 Å². The number of H-pyrrole nitrogens is 1. The molecule has 0 amide bonds. The minimum atomic E-state index is -0.560. The molecule has 0 radical (unpaired) electrons. The van der Waals surface area contributed by atoms with Crippen molar-refractivity contribution in [2.24, 2.45) is 0 Å². The number of hydrogen-bond acceptors (Lipinski definition) is 4. The van der Waals surface area contributed by atoms with Crippen LogP contribution in [-0.2, 0) is 6.54 Å². The van der Waals surface area contributed by atoms with E-state index in [-0.39, 0.29) is 23.4 Å². The quantitative estimate of drug-likeness (QED) is 0.623. The standard InChI is InChI=1S/C20H26FN5O2S/c1-2-3-12-25-17(22)16(18(27)24-19(25)28)26(15-6-4-5-7-15)20(29)23-14-10-8-13(21)9-11-14/h8-11,15H,2-7,12,22H2,1H3,(H,23,29)(H,24,27,28). The minimum Gasteiger partial charge on any atom is -0.383 e. The maximum Gasteiger partial charge on any atom is 0.330 e. The van der Waals surface area contributed by atoms with Crippen molar-refractivity contribution in [1.29, 1.82) is 0 Å². The van der Waals surface area contributed by atoms with Gasteiger partial charge in [-0.15, -0.1) is 0 Å². The van der Waals surface area contributed by atoms with Crippen LogP contribution in [0.15, 0.2) is 33.9 Å². The monoisotopic (exact) mass is 419 g/mol. The van der Waals surface area contributed by atoms with Crippen molar-refractivity contribution in [3.8, 4) is 0 Å². The lowest BCUT2D eigenvalue weighted by atomic mass is 10.2. The fraction of sp³-hybridized carbons (Fsp3) is 0.450. The van der Waals surface area contributed by atoms with Crippen LogP contribution in [0.3, 0.4) is 0 Å². The molecule has 2 aromatic rings. The zero-order chi connectivity index (χ0) is 21.0. The van der Waals surface area contributed by atoms with Crippen LogP contribution >= 0.6 is 12.2 Å². The van der Waals surface area contributed by atoms with E-state index in [4.69, 9.17) is 18.0 Å². The molecule has 1 aromatic carbocycles. The number of anilines is 3. The maximum absolute atomic E-state index is 13.2. The Labute approximate surface area is 173 Å². The molecule has 0 unspecified atom stereocenters. The molecular formula is C20H26FN5O2S. The molecular weight excluding hydrogens is 393 g/mol. The van der Waals surface area contributed by atoms with Gasteiger partial charge in [0, 0.05) is 18.3 Å². The topological polar surface area (TPSA) is 96.2 Å². The van der Waals surface area contributed by atoms with Gasteiger partial charge in [-0.25, -0.2) is 9.18 Å². The highest BCUT2D eigenvalue weighted by Gasteiger charge is 2.30. The normalized spacial score (nSPS) is 14.1. The Morgan fingerprint density at radius 2 is 1.97 bits per heavy atom. The highest BCUT2D eigenvalue weighted by molar-refractivity contribution is 7.80. The molecule has 0 atom stereocenters. The molecule has 1 aliphatic carbocycles. The Hall–Kier alpha value is -2.68. The van der Waals surface area contributed by atoms with E-state index in [1.165, 1.54) is 16.7 Å². The molecule has 1 fully saturated rings. The molecule has 9 heteroatoms. The SMILES string of the molecule is CCCCn1c(N)c(N(C(=S)Nc2ccc(F)cc2)C2CCCC2)c(=O)[nH]c1=O. The second-order valence-corrected chi connectivity index (χ2v) is 7.63. The average molecular weight is 420 g/mol. The number of nitrogens with one attached hydrogen (secondary N) is 2. The second kappa shape index (κ2) is 9.21. The zero-order valence-corrected chi connectivity index (χ0v) is 17.2. The van der Waals surface area contributed by atoms with E-state index in [0.717, 1.165) is 38.5 Å². The third-order valence-corrected chi connectivity index (χ3v) is 5.49. The largest absolute Gasteiger partial charge is 0.383 e. The summed E-state index contributed by atoms with van der Waals surface area (Å²) in [5.74, 6) is -0.236. The molecule has 29 heavy (non-hydrogen) atoms. The molecule has 4 N–H and O–H groups in total. The third kappa shape index (κ3) is 4.67. The van der Waals surface area contributed by atoms with Crippen molar-refractivity contribution in [3.63, 3.8) is 0 Å². The number of nitrogens with zero attached hydrogens (tertiary/aromatic N) is 2. The van der Waals surface area contributed by atoms with Gasteiger partial charge in [-0.2, -0.15) is 0 Å². The summed E-state index contributed by atoms with van der Waals surface area (Å²) in [5, 5.41) is 3.36. The molecule has 0 saturated heterocycles. The summed E-state index contributed by atoms with van der Waals surface area (Å²) in [6.45, 7) is 2.43. The van der Waals surface area contributed by atoms with Crippen LogP contribution in [-0.4, -0.2) is 20.7 Å².